The van der Waals surface area contributed by atoms with Gasteiger partial charge in [0.05, 0.1) is 11.7 Å². The minimum atomic E-state index is -5.08. The van der Waals surface area contributed by atoms with Crippen LogP contribution in [-0.4, -0.2) is 56.4 Å². The summed E-state index contributed by atoms with van der Waals surface area (Å²) in [6.07, 6.45) is -8.43. The van der Waals surface area contributed by atoms with Crippen molar-refractivity contribution in [3.8, 4) is 0 Å². The number of benzene rings is 3. The Kier molecular flexibility index (Phi) is 9.20. The summed E-state index contributed by atoms with van der Waals surface area (Å²) >= 11 is 0. The van der Waals surface area contributed by atoms with Crippen molar-refractivity contribution >= 4 is 51.0 Å². The summed E-state index contributed by atoms with van der Waals surface area (Å²) in [6, 6.07) is 16.5. The zero-order valence-electron chi connectivity index (χ0n) is 19.2. The maximum atomic E-state index is 12.5. The second-order valence-corrected chi connectivity index (χ2v) is 7.42. The summed E-state index contributed by atoms with van der Waals surface area (Å²) < 4.78 is 63.5. The lowest BCUT2D eigenvalue weighted by atomic mass is 10.0. The van der Waals surface area contributed by atoms with E-state index in [1.165, 1.54) is 0 Å². The monoisotopic (exact) mass is 557 g/mol. The Morgan fingerprint density at radius 2 is 1.26 bits per heavy atom. The minimum Gasteiger partial charge on any atom is -0.475 e. The number of rotatable bonds is 3. The lowest BCUT2D eigenvalue weighted by Gasteiger charge is -2.07. The predicted molar refractivity (Wildman–Crippen MR) is 126 cm³/mol. The van der Waals surface area contributed by atoms with Crippen LogP contribution in [0.2, 0.25) is 0 Å². The van der Waals surface area contributed by atoms with Gasteiger partial charge in [-0.15, -0.1) is 0 Å². The Morgan fingerprint density at radius 3 is 1.74 bits per heavy atom. The molecule has 4 rings (SSSR count). The number of carbonyl (C=O) groups is 3. The molecule has 0 bridgehead atoms. The number of H-pyrrole nitrogens is 1. The van der Waals surface area contributed by atoms with Gasteiger partial charge in [0.15, 0.2) is 0 Å². The number of fused-ring (bicyclic) bond motifs is 2. The number of alkyl halides is 6. The van der Waals surface area contributed by atoms with Crippen molar-refractivity contribution in [2.45, 2.75) is 12.4 Å². The number of amides is 1. The number of aromatic nitrogens is 2. The number of aromatic amines is 1. The molecule has 10 nitrogen and oxygen atoms in total. The van der Waals surface area contributed by atoms with E-state index in [2.05, 4.69) is 15.5 Å². The molecule has 0 aliphatic carbocycles. The molecule has 39 heavy (non-hydrogen) atoms. The number of nitrogen functional groups attached to an aromatic ring is 1. The van der Waals surface area contributed by atoms with E-state index in [4.69, 9.17) is 30.9 Å². The van der Waals surface area contributed by atoms with Crippen molar-refractivity contribution in [2.75, 3.05) is 5.32 Å². The van der Waals surface area contributed by atoms with Crippen LogP contribution in [0.4, 0.5) is 32.0 Å². The SMILES string of the molecule is N=C(N)c1ccc2cc(C(=O)Nc3ccc4cn[nH]c4c3)ccc2c1.O=C(O)C(F)(F)F.O=C(O)C(F)(F)F. The smallest absolute Gasteiger partial charge is 0.475 e. The maximum Gasteiger partial charge on any atom is 0.490 e. The third-order valence-corrected chi connectivity index (χ3v) is 4.60. The molecule has 0 fully saturated rings. The van der Waals surface area contributed by atoms with Gasteiger partial charge in [-0.05, 0) is 47.2 Å². The van der Waals surface area contributed by atoms with Crippen LogP contribution in [0, 0.1) is 5.41 Å². The van der Waals surface area contributed by atoms with Gasteiger partial charge < -0.3 is 21.3 Å². The molecule has 1 heterocycles. The summed E-state index contributed by atoms with van der Waals surface area (Å²) in [4.78, 5) is 30.3. The fourth-order valence-electron chi connectivity index (χ4n) is 2.77. The molecule has 206 valence electrons. The second kappa shape index (κ2) is 11.9. The van der Waals surface area contributed by atoms with E-state index in [0.29, 0.717) is 16.8 Å². The summed E-state index contributed by atoms with van der Waals surface area (Å²) in [6.45, 7) is 0. The zero-order chi connectivity index (χ0) is 29.5. The molecule has 3 aromatic carbocycles. The van der Waals surface area contributed by atoms with Gasteiger partial charge in [0, 0.05) is 22.2 Å². The zero-order valence-corrected chi connectivity index (χ0v) is 19.2. The standard InChI is InChI=1S/C19H15N5O.2C2HF3O2/c20-18(21)13-3-1-12-8-14(4-2-11(12)7-13)19(25)23-16-6-5-15-10-22-24-17(15)9-16;2*3-2(4,5)1(6)7/h1-10H,(H3,20,21)(H,22,24)(H,23,25);2*(H,6,7). The first-order valence-electron chi connectivity index (χ1n) is 10.2. The lowest BCUT2D eigenvalue weighted by Crippen LogP contribution is -2.21. The molecule has 7 N–H and O–H groups in total. The Hall–Kier alpha value is -5.15. The number of halogens is 6. The van der Waals surface area contributed by atoms with Crippen molar-refractivity contribution in [2.24, 2.45) is 5.73 Å². The second-order valence-electron chi connectivity index (χ2n) is 7.42. The third kappa shape index (κ3) is 8.73. The highest BCUT2D eigenvalue weighted by atomic mass is 19.4. The van der Waals surface area contributed by atoms with Crippen LogP contribution < -0.4 is 11.1 Å². The number of anilines is 1. The van der Waals surface area contributed by atoms with E-state index in [9.17, 15) is 31.1 Å². The van der Waals surface area contributed by atoms with Gasteiger partial charge in [0.25, 0.3) is 5.91 Å². The van der Waals surface area contributed by atoms with Crippen molar-refractivity contribution in [1.29, 1.82) is 5.41 Å². The van der Waals surface area contributed by atoms with Crippen molar-refractivity contribution in [1.82, 2.24) is 10.2 Å². The molecule has 1 aromatic heterocycles. The Labute approximate surface area is 213 Å². The highest BCUT2D eigenvalue weighted by Crippen LogP contribution is 2.21. The van der Waals surface area contributed by atoms with Gasteiger partial charge in [0.1, 0.15) is 5.84 Å². The third-order valence-electron chi connectivity index (χ3n) is 4.60. The van der Waals surface area contributed by atoms with E-state index >= 15 is 0 Å². The number of hydrogen-bond donors (Lipinski definition) is 6. The van der Waals surface area contributed by atoms with Crippen LogP contribution in [0.15, 0.2) is 60.8 Å². The molecule has 0 saturated heterocycles. The van der Waals surface area contributed by atoms with Gasteiger partial charge in [-0.25, -0.2) is 9.59 Å². The Balaban J connectivity index is 0.000000317. The van der Waals surface area contributed by atoms with Crippen molar-refractivity contribution in [3.63, 3.8) is 0 Å². The Bertz CT molecular complexity index is 1510. The molecule has 0 saturated carbocycles. The molecule has 0 atom stereocenters. The number of hydrogen-bond acceptors (Lipinski definition) is 5. The molecule has 16 heteroatoms. The minimum absolute atomic E-state index is 0.0259. The predicted octanol–water partition coefficient (Wildman–Crippen LogP) is 4.52. The molecule has 0 unspecified atom stereocenters. The van der Waals surface area contributed by atoms with Crippen LogP contribution in [0.3, 0.4) is 0 Å². The van der Waals surface area contributed by atoms with Crippen molar-refractivity contribution in [3.05, 3.63) is 71.9 Å². The fraction of sp³-hybridized carbons (Fsp3) is 0.0870. The molecule has 4 aromatic rings. The first-order valence-corrected chi connectivity index (χ1v) is 10.2. The summed E-state index contributed by atoms with van der Waals surface area (Å²) in [5.41, 5.74) is 8.31. The van der Waals surface area contributed by atoms with E-state index in [1.807, 2.05) is 42.5 Å². The molecule has 0 aliphatic heterocycles. The molecular weight excluding hydrogens is 540 g/mol. The highest BCUT2D eigenvalue weighted by molar-refractivity contribution is 6.07. The summed E-state index contributed by atoms with van der Waals surface area (Å²) in [5, 5.41) is 34.3. The molecule has 1 amide bonds. The average molecular weight is 557 g/mol. The van der Waals surface area contributed by atoms with Gasteiger partial charge >= 0.3 is 24.3 Å². The number of amidine groups is 1. The molecule has 0 spiro atoms. The quantitative estimate of drug-likeness (QED) is 0.122. The number of carboxylic acid groups (broad SMARTS) is 2. The van der Waals surface area contributed by atoms with E-state index in [-0.39, 0.29) is 11.7 Å². The number of aliphatic carboxylic acids is 2. The van der Waals surface area contributed by atoms with E-state index in [0.717, 1.165) is 21.7 Å². The van der Waals surface area contributed by atoms with Crippen LogP contribution >= 0.6 is 0 Å². The normalized spacial score (nSPS) is 11.0. The van der Waals surface area contributed by atoms with Gasteiger partial charge in [-0.2, -0.15) is 31.4 Å². The number of carboxylic acids is 2. The number of carbonyl (C=O) groups excluding carboxylic acids is 1. The molecule has 0 aliphatic rings. The summed E-state index contributed by atoms with van der Waals surface area (Å²) in [7, 11) is 0. The summed E-state index contributed by atoms with van der Waals surface area (Å²) in [5.74, 6) is -5.67. The number of nitrogens with zero attached hydrogens (tertiary/aromatic N) is 1. The number of nitrogens with one attached hydrogen (secondary N) is 3. The largest absolute Gasteiger partial charge is 0.490 e. The first kappa shape index (κ1) is 30.1. The number of nitrogens with two attached hydrogens (primary N) is 1. The first-order chi connectivity index (χ1) is 18.0. The molecule has 0 radical (unpaired) electrons. The fourth-order valence-corrected chi connectivity index (χ4v) is 2.77. The topological polar surface area (TPSA) is 182 Å². The van der Waals surface area contributed by atoms with Crippen molar-refractivity contribution < 1.29 is 50.9 Å². The maximum absolute atomic E-state index is 12.5. The molecular formula is C23H17F6N5O5. The van der Waals surface area contributed by atoms with E-state index in [1.54, 1.807) is 18.3 Å². The van der Waals surface area contributed by atoms with Gasteiger partial charge in [-0.1, -0.05) is 18.2 Å². The van der Waals surface area contributed by atoms with Crippen LogP contribution in [-0.2, 0) is 9.59 Å². The van der Waals surface area contributed by atoms with E-state index < -0.39 is 24.3 Å². The highest BCUT2D eigenvalue weighted by Gasteiger charge is 2.38. The van der Waals surface area contributed by atoms with Gasteiger partial charge in [0.2, 0.25) is 0 Å². The average Bonchev–Trinajstić information content (AvgIpc) is 3.31. The Morgan fingerprint density at radius 1 is 0.795 bits per heavy atom. The lowest BCUT2D eigenvalue weighted by molar-refractivity contribution is -0.193. The van der Waals surface area contributed by atoms with Crippen LogP contribution in [0.25, 0.3) is 21.7 Å². The van der Waals surface area contributed by atoms with Crippen LogP contribution in [0.5, 0.6) is 0 Å². The van der Waals surface area contributed by atoms with Crippen LogP contribution in [0.1, 0.15) is 15.9 Å². The van der Waals surface area contributed by atoms with Gasteiger partial charge in [-0.3, -0.25) is 15.3 Å².